The van der Waals surface area contributed by atoms with Crippen LogP contribution in [0.4, 0.5) is 0 Å². The van der Waals surface area contributed by atoms with Crippen molar-refractivity contribution < 1.29 is 5.11 Å². The summed E-state index contributed by atoms with van der Waals surface area (Å²) in [5.41, 5.74) is 2.86. The van der Waals surface area contributed by atoms with Gasteiger partial charge in [0.1, 0.15) is 0 Å². The number of hydrogen-bond acceptors (Lipinski definition) is 3. The average Bonchev–Trinajstić information content (AvgIpc) is 2.81. The molecule has 1 fully saturated rings. The second-order valence-corrected chi connectivity index (χ2v) is 8.06. The SMILES string of the molecule is Cn1cc(CNCC2(CCO)CCCCC2)c(C(C)(C)C)n1. The second-order valence-electron chi connectivity index (χ2n) is 8.06. The number of nitrogens with zero attached hydrogens (tertiary/aromatic N) is 2. The zero-order chi connectivity index (χ0) is 16.2. The molecular weight excluding hydrogens is 274 g/mol. The van der Waals surface area contributed by atoms with Gasteiger partial charge in [0.05, 0.1) is 5.69 Å². The van der Waals surface area contributed by atoms with Crippen molar-refractivity contribution in [3.05, 3.63) is 17.5 Å². The Bertz CT molecular complexity index is 462. The molecule has 0 bridgehead atoms. The van der Waals surface area contributed by atoms with E-state index >= 15 is 0 Å². The molecular formula is C18H33N3O. The van der Waals surface area contributed by atoms with Gasteiger partial charge in [0.25, 0.3) is 0 Å². The lowest BCUT2D eigenvalue weighted by Crippen LogP contribution is -2.37. The van der Waals surface area contributed by atoms with Crippen molar-refractivity contribution in [2.45, 2.75) is 71.3 Å². The normalized spacial score (nSPS) is 18.6. The molecule has 1 aromatic heterocycles. The first kappa shape index (κ1) is 17.5. The molecule has 22 heavy (non-hydrogen) atoms. The van der Waals surface area contributed by atoms with Gasteiger partial charge in [-0.25, -0.2) is 0 Å². The molecule has 1 aliphatic rings. The molecule has 2 N–H and O–H groups in total. The van der Waals surface area contributed by atoms with Crippen molar-refractivity contribution in [3.63, 3.8) is 0 Å². The third-order valence-corrected chi connectivity index (χ3v) is 4.99. The lowest BCUT2D eigenvalue weighted by atomic mass is 9.72. The number of nitrogens with one attached hydrogen (secondary N) is 1. The molecule has 0 saturated heterocycles. The van der Waals surface area contributed by atoms with E-state index in [0.717, 1.165) is 19.5 Å². The van der Waals surface area contributed by atoms with Crippen LogP contribution < -0.4 is 5.32 Å². The summed E-state index contributed by atoms with van der Waals surface area (Å²) < 4.78 is 1.92. The molecule has 1 heterocycles. The van der Waals surface area contributed by atoms with Gasteiger partial charge in [0.2, 0.25) is 0 Å². The van der Waals surface area contributed by atoms with Crippen molar-refractivity contribution >= 4 is 0 Å². The number of aliphatic hydroxyl groups excluding tert-OH is 1. The predicted octanol–water partition coefficient (Wildman–Crippen LogP) is 3.14. The quantitative estimate of drug-likeness (QED) is 0.849. The molecule has 0 aliphatic heterocycles. The van der Waals surface area contributed by atoms with E-state index in [-0.39, 0.29) is 5.41 Å². The number of aromatic nitrogens is 2. The summed E-state index contributed by atoms with van der Waals surface area (Å²) in [7, 11) is 1.99. The van der Waals surface area contributed by atoms with E-state index in [0.29, 0.717) is 12.0 Å². The Morgan fingerprint density at radius 1 is 1.27 bits per heavy atom. The van der Waals surface area contributed by atoms with Crippen LogP contribution in [-0.2, 0) is 19.0 Å². The summed E-state index contributed by atoms with van der Waals surface area (Å²) in [5, 5.41) is 17.7. The number of aliphatic hydroxyl groups is 1. The van der Waals surface area contributed by atoms with E-state index < -0.39 is 0 Å². The molecule has 0 spiro atoms. The van der Waals surface area contributed by atoms with Crippen molar-refractivity contribution in [1.29, 1.82) is 0 Å². The van der Waals surface area contributed by atoms with Crippen molar-refractivity contribution in [3.8, 4) is 0 Å². The van der Waals surface area contributed by atoms with E-state index in [2.05, 4.69) is 37.4 Å². The molecule has 0 aromatic carbocycles. The molecule has 0 radical (unpaired) electrons. The van der Waals surface area contributed by atoms with Gasteiger partial charge >= 0.3 is 0 Å². The topological polar surface area (TPSA) is 50.1 Å². The maximum atomic E-state index is 9.41. The smallest absolute Gasteiger partial charge is 0.0722 e. The maximum Gasteiger partial charge on any atom is 0.0722 e. The van der Waals surface area contributed by atoms with Crippen LogP contribution in [0.5, 0.6) is 0 Å². The van der Waals surface area contributed by atoms with Crippen LogP contribution in [0.2, 0.25) is 0 Å². The van der Waals surface area contributed by atoms with E-state index in [4.69, 9.17) is 0 Å². The molecule has 4 heteroatoms. The van der Waals surface area contributed by atoms with Crippen LogP contribution in [0.25, 0.3) is 0 Å². The van der Waals surface area contributed by atoms with E-state index in [1.807, 2.05) is 11.7 Å². The summed E-state index contributed by atoms with van der Waals surface area (Å²) in [6.45, 7) is 8.83. The Morgan fingerprint density at radius 3 is 2.55 bits per heavy atom. The van der Waals surface area contributed by atoms with Gasteiger partial charge in [-0.3, -0.25) is 4.68 Å². The highest BCUT2D eigenvalue weighted by molar-refractivity contribution is 5.23. The monoisotopic (exact) mass is 307 g/mol. The summed E-state index contributed by atoms with van der Waals surface area (Å²) >= 11 is 0. The lowest BCUT2D eigenvalue weighted by Gasteiger charge is -2.37. The summed E-state index contributed by atoms with van der Waals surface area (Å²) in [6, 6.07) is 0. The molecule has 0 unspecified atom stereocenters. The van der Waals surface area contributed by atoms with Crippen molar-refractivity contribution in [2.24, 2.45) is 12.5 Å². The van der Waals surface area contributed by atoms with Gasteiger partial charge in [-0.2, -0.15) is 5.10 Å². The molecule has 0 atom stereocenters. The minimum atomic E-state index is 0.0753. The standard InChI is InChI=1S/C18H33N3O/c1-17(2,3)16-15(13-21(4)20-16)12-19-14-18(10-11-22)8-6-5-7-9-18/h13,19,22H,5-12,14H2,1-4H3. The first-order chi connectivity index (χ1) is 10.4. The molecule has 1 saturated carbocycles. The number of rotatable bonds is 6. The largest absolute Gasteiger partial charge is 0.396 e. The molecule has 4 nitrogen and oxygen atoms in total. The fraction of sp³-hybridized carbons (Fsp3) is 0.833. The highest BCUT2D eigenvalue weighted by Gasteiger charge is 2.31. The summed E-state index contributed by atoms with van der Waals surface area (Å²) in [4.78, 5) is 0. The molecule has 0 amide bonds. The van der Waals surface area contributed by atoms with Crippen molar-refractivity contribution in [1.82, 2.24) is 15.1 Å². The summed E-state index contributed by atoms with van der Waals surface area (Å²) in [5.74, 6) is 0. The average molecular weight is 307 g/mol. The molecule has 126 valence electrons. The third-order valence-electron chi connectivity index (χ3n) is 4.99. The number of hydrogen-bond donors (Lipinski definition) is 2. The predicted molar refractivity (Wildman–Crippen MR) is 90.8 cm³/mol. The first-order valence-electron chi connectivity index (χ1n) is 8.71. The molecule has 1 aromatic rings. The minimum absolute atomic E-state index is 0.0753. The Morgan fingerprint density at radius 2 is 1.95 bits per heavy atom. The Labute approximate surface area is 135 Å². The van der Waals surface area contributed by atoms with Gasteiger partial charge in [-0.05, 0) is 24.7 Å². The van der Waals surface area contributed by atoms with Gasteiger partial charge in [-0.1, -0.05) is 40.0 Å². The van der Waals surface area contributed by atoms with Gasteiger partial charge in [0.15, 0.2) is 0 Å². The van der Waals surface area contributed by atoms with Gasteiger partial charge in [-0.15, -0.1) is 0 Å². The van der Waals surface area contributed by atoms with E-state index in [1.54, 1.807) is 0 Å². The van der Waals surface area contributed by atoms with Crippen LogP contribution in [0.15, 0.2) is 6.20 Å². The number of aryl methyl sites for hydroxylation is 1. The Kier molecular flexibility index (Phi) is 5.67. The van der Waals surface area contributed by atoms with Gasteiger partial charge < -0.3 is 10.4 Å². The fourth-order valence-corrected chi connectivity index (χ4v) is 3.81. The van der Waals surface area contributed by atoms with Crippen LogP contribution in [0.3, 0.4) is 0 Å². The van der Waals surface area contributed by atoms with Crippen LogP contribution in [-0.4, -0.2) is 28.0 Å². The zero-order valence-electron chi connectivity index (χ0n) is 14.8. The van der Waals surface area contributed by atoms with E-state index in [9.17, 15) is 5.11 Å². The zero-order valence-corrected chi connectivity index (χ0v) is 14.8. The molecule has 2 rings (SSSR count). The van der Waals surface area contributed by atoms with Crippen LogP contribution in [0, 0.1) is 5.41 Å². The van der Waals surface area contributed by atoms with Gasteiger partial charge in [0, 0.05) is 43.9 Å². The fourth-order valence-electron chi connectivity index (χ4n) is 3.81. The van der Waals surface area contributed by atoms with E-state index in [1.165, 1.54) is 43.4 Å². The van der Waals surface area contributed by atoms with Crippen LogP contribution in [0.1, 0.15) is 70.6 Å². The second kappa shape index (κ2) is 7.14. The maximum absolute atomic E-state index is 9.41. The highest BCUT2D eigenvalue weighted by Crippen LogP contribution is 2.38. The lowest BCUT2D eigenvalue weighted by molar-refractivity contribution is 0.126. The summed E-state index contributed by atoms with van der Waals surface area (Å²) in [6.07, 6.45) is 9.53. The minimum Gasteiger partial charge on any atom is -0.396 e. The highest BCUT2D eigenvalue weighted by atomic mass is 16.3. The Hall–Kier alpha value is -0.870. The first-order valence-corrected chi connectivity index (χ1v) is 8.71. The van der Waals surface area contributed by atoms with Crippen LogP contribution >= 0.6 is 0 Å². The van der Waals surface area contributed by atoms with Crippen molar-refractivity contribution in [2.75, 3.05) is 13.2 Å². The third kappa shape index (κ3) is 4.32. The Balaban J connectivity index is 1.98. The molecule has 1 aliphatic carbocycles.